The summed E-state index contributed by atoms with van der Waals surface area (Å²) < 4.78 is 0. The molecule has 33 heavy (non-hydrogen) atoms. The van der Waals surface area contributed by atoms with E-state index in [0.29, 0.717) is 12.0 Å². The number of aryl methyl sites for hydroxylation is 2. The molecule has 3 aromatic rings. The van der Waals surface area contributed by atoms with Crippen LogP contribution in [0.5, 0.6) is 0 Å². The first kappa shape index (κ1) is 24.4. The predicted molar refractivity (Wildman–Crippen MR) is 139 cm³/mol. The molecular formula is C29H35N3O. The number of hydrogen-bond acceptors (Lipinski definition) is 3. The Bertz CT molecular complexity index is 1150. The third kappa shape index (κ3) is 6.60. The highest BCUT2D eigenvalue weighted by molar-refractivity contribution is 5.91. The van der Waals surface area contributed by atoms with Gasteiger partial charge in [0.15, 0.2) is 0 Å². The van der Waals surface area contributed by atoms with Gasteiger partial charge in [-0.1, -0.05) is 62.1 Å². The van der Waals surface area contributed by atoms with E-state index in [-0.39, 0.29) is 6.04 Å². The van der Waals surface area contributed by atoms with Crippen LogP contribution in [0.4, 0.5) is 5.69 Å². The highest BCUT2D eigenvalue weighted by Gasteiger charge is 2.15. The van der Waals surface area contributed by atoms with Gasteiger partial charge >= 0.3 is 0 Å². The summed E-state index contributed by atoms with van der Waals surface area (Å²) in [5.74, 6) is 6.80. The molecule has 0 saturated carbocycles. The van der Waals surface area contributed by atoms with E-state index in [1.807, 2.05) is 31.2 Å². The second kappa shape index (κ2) is 11.5. The van der Waals surface area contributed by atoms with Gasteiger partial charge in [0.25, 0.3) is 0 Å². The Balaban J connectivity index is 0.000000203. The highest BCUT2D eigenvalue weighted by atomic mass is 16.1. The topological polar surface area (TPSA) is 53.2 Å². The summed E-state index contributed by atoms with van der Waals surface area (Å²) in [5, 5.41) is 11.8. The van der Waals surface area contributed by atoms with Crippen LogP contribution in [-0.2, 0) is 4.79 Å². The molecule has 172 valence electrons. The molecule has 0 spiro atoms. The van der Waals surface area contributed by atoms with Gasteiger partial charge < -0.3 is 16.0 Å². The van der Waals surface area contributed by atoms with Crippen molar-refractivity contribution in [1.29, 1.82) is 0 Å². The maximum Gasteiger partial charge on any atom is 0.207 e. The maximum atomic E-state index is 10.6. The molecule has 1 aliphatic heterocycles. The third-order valence-electron chi connectivity index (χ3n) is 5.90. The molecule has 3 aromatic carbocycles. The second-order valence-electron chi connectivity index (χ2n) is 8.98. The lowest BCUT2D eigenvalue weighted by molar-refractivity contribution is -0.110. The van der Waals surface area contributed by atoms with Crippen molar-refractivity contribution in [1.82, 2.24) is 10.6 Å². The van der Waals surface area contributed by atoms with Crippen LogP contribution in [0.1, 0.15) is 49.1 Å². The van der Waals surface area contributed by atoms with Crippen molar-refractivity contribution in [2.45, 2.75) is 46.7 Å². The largest absolute Gasteiger partial charge is 0.380 e. The zero-order valence-electron chi connectivity index (χ0n) is 20.3. The lowest BCUT2D eigenvalue weighted by Crippen LogP contribution is -2.51. The maximum absolute atomic E-state index is 10.6. The van der Waals surface area contributed by atoms with Crippen molar-refractivity contribution >= 4 is 22.9 Å². The minimum absolute atomic E-state index is 0.00971. The fourth-order valence-electron chi connectivity index (χ4n) is 3.68. The van der Waals surface area contributed by atoms with E-state index < -0.39 is 0 Å². The van der Waals surface area contributed by atoms with Crippen LogP contribution in [-0.4, -0.2) is 25.5 Å². The van der Waals surface area contributed by atoms with E-state index in [1.54, 1.807) is 0 Å². The van der Waals surface area contributed by atoms with E-state index >= 15 is 0 Å². The molecule has 3 N–H and O–H groups in total. The van der Waals surface area contributed by atoms with Crippen LogP contribution in [0.3, 0.4) is 0 Å². The van der Waals surface area contributed by atoms with Crippen molar-refractivity contribution in [3.63, 3.8) is 0 Å². The molecule has 1 saturated heterocycles. The molecule has 4 nitrogen and oxygen atoms in total. The summed E-state index contributed by atoms with van der Waals surface area (Å²) in [5.41, 5.74) is 6.11. The van der Waals surface area contributed by atoms with E-state index in [1.165, 1.54) is 16.8 Å². The number of hydrogen-bond donors (Lipinski definition) is 3. The number of benzene rings is 3. The van der Waals surface area contributed by atoms with Gasteiger partial charge in [-0.2, -0.15) is 0 Å². The van der Waals surface area contributed by atoms with Gasteiger partial charge in [-0.15, -0.1) is 0 Å². The average Bonchev–Trinajstić information content (AvgIpc) is 2.77. The Hall–Kier alpha value is -3.29. The zero-order valence-corrected chi connectivity index (χ0v) is 20.3. The molecule has 1 amide bonds. The van der Waals surface area contributed by atoms with Crippen LogP contribution in [0.25, 0.3) is 10.8 Å². The zero-order chi connectivity index (χ0) is 23.8. The Morgan fingerprint density at radius 2 is 1.70 bits per heavy atom. The minimum atomic E-state index is -0.00971. The fourth-order valence-corrected chi connectivity index (χ4v) is 3.68. The quantitative estimate of drug-likeness (QED) is 0.370. The van der Waals surface area contributed by atoms with Crippen molar-refractivity contribution in [2.24, 2.45) is 5.92 Å². The van der Waals surface area contributed by atoms with Crippen molar-refractivity contribution in [3.05, 3.63) is 76.9 Å². The molecule has 0 aliphatic carbocycles. The molecule has 0 bridgehead atoms. The molecule has 4 rings (SSSR count). The van der Waals surface area contributed by atoms with Gasteiger partial charge in [-0.05, 0) is 66.4 Å². The van der Waals surface area contributed by atoms with Gasteiger partial charge in [0, 0.05) is 30.3 Å². The van der Waals surface area contributed by atoms with Crippen LogP contribution < -0.4 is 16.0 Å². The lowest BCUT2D eigenvalue weighted by Gasteiger charge is -2.29. The van der Waals surface area contributed by atoms with Crippen LogP contribution in [0.2, 0.25) is 0 Å². The number of anilines is 1. The average molecular weight is 442 g/mol. The van der Waals surface area contributed by atoms with Crippen LogP contribution >= 0.6 is 0 Å². The number of carbonyl (C=O) groups is 1. The molecule has 0 aromatic heterocycles. The summed E-state index contributed by atoms with van der Waals surface area (Å²) in [6.45, 7) is 12.6. The first-order valence-electron chi connectivity index (χ1n) is 11.7. The third-order valence-corrected chi connectivity index (χ3v) is 5.90. The predicted octanol–water partition coefficient (Wildman–Crippen LogP) is 5.34. The summed E-state index contributed by atoms with van der Waals surface area (Å²) >= 11 is 0. The number of nitrogens with one attached hydrogen (secondary N) is 3. The smallest absolute Gasteiger partial charge is 0.207 e. The first-order valence-corrected chi connectivity index (χ1v) is 11.7. The first-order chi connectivity index (χ1) is 15.9. The molecule has 1 heterocycles. The number of carbonyl (C=O) groups excluding carboxylic acids is 1. The van der Waals surface area contributed by atoms with E-state index in [9.17, 15) is 4.79 Å². The van der Waals surface area contributed by atoms with Gasteiger partial charge in [0.1, 0.15) is 0 Å². The number of amides is 1. The summed E-state index contributed by atoms with van der Waals surface area (Å²) in [7, 11) is 0. The number of fused-ring (bicyclic) bond motifs is 1. The minimum Gasteiger partial charge on any atom is -0.380 e. The van der Waals surface area contributed by atoms with Crippen LogP contribution in [0.15, 0.2) is 54.6 Å². The van der Waals surface area contributed by atoms with Crippen molar-refractivity contribution in [3.8, 4) is 11.8 Å². The Labute approximate surface area is 198 Å². The monoisotopic (exact) mass is 441 g/mol. The van der Waals surface area contributed by atoms with Crippen LogP contribution in [0, 0.1) is 31.6 Å². The van der Waals surface area contributed by atoms with Gasteiger partial charge in [0.05, 0.1) is 12.1 Å². The van der Waals surface area contributed by atoms with Crippen molar-refractivity contribution < 1.29 is 4.79 Å². The summed E-state index contributed by atoms with van der Waals surface area (Å²) in [6.07, 6.45) is 0.742. The Kier molecular flexibility index (Phi) is 8.52. The Morgan fingerprint density at radius 1 is 0.970 bits per heavy atom. The Morgan fingerprint density at radius 3 is 2.30 bits per heavy atom. The SMILES string of the molecule is CC(C)C#Cc1ccc(C(C)NC=O)c2ccccc12.Cc1ccc(NC2CNC2)cc1C. The summed E-state index contributed by atoms with van der Waals surface area (Å²) in [6, 6.07) is 19.4. The molecule has 1 unspecified atom stereocenters. The highest BCUT2D eigenvalue weighted by Crippen LogP contribution is 2.26. The second-order valence-corrected chi connectivity index (χ2v) is 8.98. The molecule has 1 atom stereocenters. The molecular weight excluding hydrogens is 406 g/mol. The van der Waals surface area contributed by atoms with E-state index in [4.69, 9.17) is 0 Å². The lowest BCUT2D eigenvalue weighted by atomic mass is 9.96. The normalized spacial score (nSPS) is 13.8. The van der Waals surface area contributed by atoms with E-state index in [0.717, 1.165) is 41.4 Å². The molecule has 4 heteroatoms. The molecule has 1 fully saturated rings. The fraction of sp³-hybridized carbons (Fsp3) is 0.345. The number of rotatable bonds is 5. The van der Waals surface area contributed by atoms with Gasteiger partial charge in [-0.3, -0.25) is 4.79 Å². The summed E-state index contributed by atoms with van der Waals surface area (Å²) in [4.78, 5) is 10.6. The van der Waals surface area contributed by atoms with Gasteiger partial charge in [-0.25, -0.2) is 0 Å². The molecule has 0 radical (unpaired) electrons. The van der Waals surface area contributed by atoms with Gasteiger partial charge in [0.2, 0.25) is 6.41 Å². The van der Waals surface area contributed by atoms with E-state index in [2.05, 4.69) is 85.8 Å². The standard InChI is InChI=1S/C18H19NO.C11H16N2/c1-13(2)8-9-15-10-11-16(14(3)19-12-20)18-7-5-4-6-17(15)18;1-8-3-4-10(5-9(8)2)13-11-6-12-7-11/h4-7,10-14H,1-3H3,(H,19,20);3-5,11-13H,6-7H2,1-2H3. The molecule has 1 aliphatic rings. The van der Waals surface area contributed by atoms with Crippen molar-refractivity contribution in [2.75, 3.05) is 18.4 Å².